The molecular weight excluding hydrogens is 342 g/mol. The molecule has 3 rings (SSSR count). The molecule has 0 radical (unpaired) electrons. The molecule has 27 heavy (non-hydrogen) atoms. The molecule has 5 nitrogen and oxygen atoms in total. The summed E-state index contributed by atoms with van der Waals surface area (Å²) in [5.41, 5.74) is 3.86. The second-order valence-corrected chi connectivity index (χ2v) is 6.53. The van der Waals surface area contributed by atoms with Crippen LogP contribution in [0.15, 0.2) is 61.2 Å². The molecule has 1 atom stereocenters. The van der Waals surface area contributed by atoms with E-state index in [1.165, 1.54) is 12.0 Å². The number of nitrogens with zero attached hydrogens (tertiary/aromatic N) is 1. The molecule has 0 spiro atoms. The van der Waals surface area contributed by atoms with Crippen LogP contribution in [0.4, 0.5) is 4.79 Å². The number of hydrogen-bond donors (Lipinski definition) is 1. The zero-order valence-corrected chi connectivity index (χ0v) is 15.3. The van der Waals surface area contributed by atoms with Crippen LogP contribution in [-0.4, -0.2) is 35.2 Å². The Bertz CT molecular complexity index is 815. The van der Waals surface area contributed by atoms with Gasteiger partial charge in [-0.2, -0.15) is 0 Å². The van der Waals surface area contributed by atoms with E-state index in [0.29, 0.717) is 19.3 Å². The largest absolute Gasteiger partial charge is 0.480 e. The highest BCUT2D eigenvalue weighted by Gasteiger charge is 2.41. The molecule has 0 fully saturated rings. The van der Waals surface area contributed by atoms with E-state index in [0.717, 1.165) is 22.3 Å². The molecule has 1 aliphatic carbocycles. The highest BCUT2D eigenvalue weighted by atomic mass is 16.5. The third-order valence-corrected chi connectivity index (χ3v) is 4.97. The molecule has 0 aliphatic heterocycles. The second kappa shape index (κ2) is 8.08. The Morgan fingerprint density at radius 1 is 1.15 bits per heavy atom. The summed E-state index contributed by atoms with van der Waals surface area (Å²) in [7, 11) is 1.28. The van der Waals surface area contributed by atoms with Crippen LogP contribution in [-0.2, 0) is 9.53 Å². The third kappa shape index (κ3) is 3.45. The number of rotatable bonds is 7. The molecule has 0 heterocycles. The van der Waals surface area contributed by atoms with Crippen molar-refractivity contribution in [2.45, 2.75) is 31.3 Å². The van der Waals surface area contributed by atoms with Crippen molar-refractivity contribution in [3.05, 3.63) is 72.3 Å². The summed E-state index contributed by atoms with van der Waals surface area (Å²) in [5, 5.41) is 9.87. The van der Waals surface area contributed by atoms with Crippen molar-refractivity contribution in [3.63, 3.8) is 0 Å². The van der Waals surface area contributed by atoms with Crippen LogP contribution in [0.3, 0.4) is 0 Å². The zero-order valence-electron chi connectivity index (χ0n) is 15.3. The van der Waals surface area contributed by atoms with Crippen LogP contribution in [0.1, 0.15) is 36.4 Å². The van der Waals surface area contributed by atoms with Crippen molar-refractivity contribution in [1.29, 1.82) is 0 Å². The Labute approximate surface area is 158 Å². The predicted molar refractivity (Wildman–Crippen MR) is 103 cm³/mol. The van der Waals surface area contributed by atoms with E-state index in [-0.39, 0.29) is 0 Å². The average molecular weight is 365 g/mol. The fourth-order valence-corrected chi connectivity index (χ4v) is 3.78. The number of hydrogen-bond acceptors (Lipinski definition) is 3. The first-order valence-corrected chi connectivity index (χ1v) is 8.98. The number of carbonyl (C=O) groups is 2. The van der Waals surface area contributed by atoms with Gasteiger partial charge in [0.2, 0.25) is 0 Å². The first kappa shape index (κ1) is 18.7. The number of fused-ring (bicyclic) bond motifs is 3. The van der Waals surface area contributed by atoms with E-state index < -0.39 is 24.1 Å². The van der Waals surface area contributed by atoms with E-state index in [2.05, 4.69) is 6.58 Å². The average Bonchev–Trinajstić information content (AvgIpc) is 3.01. The third-order valence-electron chi connectivity index (χ3n) is 4.97. The Hall–Kier alpha value is -3.08. The minimum absolute atomic E-state index is 0.331. The number of carbonyl (C=O) groups excluding carboxylic acids is 1. The standard InChI is InChI=1S/C22H23NO4/c1-3-4-5-14-19(21(24)25)23(22(26)27-2)20-17-12-8-6-10-15(17)16-11-7-9-13-18(16)20/h3,6-13,19-20H,1,4-5,14H2,2H3,(H,24,25)/t19-/m0/s1. The van der Waals surface area contributed by atoms with Gasteiger partial charge in [0.15, 0.2) is 0 Å². The lowest BCUT2D eigenvalue weighted by molar-refractivity contribution is -0.143. The number of unbranched alkanes of at least 4 members (excludes halogenated alkanes) is 1. The lowest BCUT2D eigenvalue weighted by Crippen LogP contribution is -2.47. The van der Waals surface area contributed by atoms with Crippen LogP contribution in [0.5, 0.6) is 0 Å². The van der Waals surface area contributed by atoms with Gasteiger partial charge in [-0.1, -0.05) is 54.6 Å². The van der Waals surface area contributed by atoms with Crippen molar-refractivity contribution in [2.24, 2.45) is 0 Å². The molecule has 1 aliphatic rings. The molecule has 140 valence electrons. The van der Waals surface area contributed by atoms with Gasteiger partial charge in [-0.25, -0.2) is 9.59 Å². The molecule has 1 N–H and O–H groups in total. The summed E-state index contributed by atoms with van der Waals surface area (Å²) >= 11 is 0. The Kier molecular flexibility index (Phi) is 5.60. The Balaban J connectivity index is 2.11. The molecule has 0 saturated carbocycles. The molecule has 0 unspecified atom stereocenters. The van der Waals surface area contributed by atoms with Crippen LogP contribution in [0.2, 0.25) is 0 Å². The van der Waals surface area contributed by atoms with E-state index in [1.54, 1.807) is 6.08 Å². The minimum atomic E-state index is -1.04. The summed E-state index contributed by atoms with van der Waals surface area (Å²) in [6.45, 7) is 3.68. The monoisotopic (exact) mass is 365 g/mol. The number of ether oxygens (including phenoxy) is 1. The highest BCUT2D eigenvalue weighted by molar-refractivity contribution is 5.85. The summed E-state index contributed by atoms with van der Waals surface area (Å²) in [4.78, 5) is 26.1. The normalized spacial score (nSPS) is 13.4. The fourth-order valence-electron chi connectivity index (χ4n) is 3.78. The number of carboxylic acid groups (broad SMARTS) is 1. The number of amides is 1. The van der Waals surface area contributed by atoms with E-state index in [1.807, 2.05) is 48.5 Å². The summed E-state index contributed by atoms with van der Waals surface area (Å²) in [6.07, 6.45) is 2.76. The molecule has 0 saturated heterocycles. The topological polar surface area (TPSA) is 66.8 Å². The van der Waals surface area contributed by atoms with Gasteiger partial charge in [0.05, 0.1) is 13.2 Å². The second-order valence-electron chi connectivity index (χ2n) is 6.53. The molecule has 5 heteroatoms. The van der Waals surface area contributed by atoms with Crippen LogP contribution in [0, 0.1) is 0 Å². The van der Waals surface area contributed by atoms with E-state index in [9.17, 15) is 14.7 Å². The van der Waals surface area contributed by atoms with Crippen LogP contribution in [0.25, 0.3) is 11.1 Å². The minimum Gasteiger partial charge on any atom is -0.480 e. The van der Waals surface area contributed by atoms with Crippen molar-refractivity contribution >= 4 is 12.1 Å². The SMILES string of the molecule is C=CCCC[C@@H](C(=O)O)N(C(=O)OC)C1c2ccccc2-c2ccccc21. The van der Waals surface area contributed by atoms with Gasteiger partial charge in [-0.3, -0.25) is 4.90 Å². The maximum atomic E-state index is 12.7. The van der Waals surface area contributed by atoms with Gasteiger partial charge in [0.25, 0.3) is 0 Å². The number of carboxylic acids is 1. The Morgan fingerprint density at radius 2 is 1.70 bits per heavy atom. The first-order chi connectivity index (χ1) is 13.1. The molecule has 0 bridgehead atoms. The lowest BCUT2D eigenvalue weighted by atomic mass is 9.99. The zero-order chi connectivity index (χ0) is 19.4. The van der Waals surface area contributed by atoms with Crippen LogP contribution < -0.4 is 0 Å². The first-order valence-electron chi connectivity index (χ1n) is 8.98. The number of benzene rings is 2. The maximum absolute atomic E-state index is 12.7. The number of allylic oxidation sites excluding steroid dienone is 1. The number of methoxy groups -OCH3 is 1. The maximum Gasteiger partial charge on any atom is 0.411 e. The van der Waals surface area contributed by atoms with Crippen LogP contribution >= 0.6 is 0 Å². The number of aliphatic carboxylic acids is 1. The summed E-state index contributed by atoms with van der Waals surface area (Å²) in [5.74, 6) is -1.04. The molecular formula is C22H23NO4. The Morgan fingerprint density at radius 3 is 2.19 bits per heavy atom. The van der Waals surface area contributed by atoms with Gasteiger partial charge >= 0.3 is 12.1 Å². The van der Waals surface area contributed by atoms with Gasteiger partial charge in [-0.05, 0) is 41.5 Å². The van der Waals surface area contributed by atoms with Gasteiger partial charge < -0.3 is 9.84 Å². The van der Waals surface area contributed by atoms with Gasteiger partial charge in [0, 0.05) is 0 Å². The molecule has 2 aromatic rings. The van der Waals surface area contributed by atoms with Gasteiger partial charge in [0.1, 0.15) is 6.04 Å². The smallest absolute Gasteiger partial charge is 0.411 e. The highest BCUT2D eigenvalue weighted by Crippen LogP contribution is 2.47. The van der Waals surface area contributed by atoms with E-state index >= 15 is 0 Å². The van der Waals surface area contributed by atoms with Crippen molar-refractivity contribution < 1.29 is 19.4 Å². The molecule has 0 aromatic heterocycles. The summed E-state index contributed by atoms with van der Waals surface area (Å²) in [6, 6.07) is 14.1. The quantitative estimate of drug-likeness (QED) is 0.574. The summed E-state index contributed by atoms with van der Waals surface area (Å²) < 4.78 is 5.00. The predicted octanol–water partition coefficient (Wildman–Crippen LogP) is 4.63. The lowest BCUT2D eigenvalue weighted by Gasteiger charge is -2.34. The fraction of sp³-hybridized carbons (Fsp3) is 0.273. The van der Waals surface area contributed by atoms with Crippen molar-refractivity contribution in [2.75, 3.05) is 7.11 Å². The molecule has 1 amide bonds. The van der Waals surface area contributed by atoms with Crippen molar-refractivity contribution in [1.82, 2.24) is 4.90 Å². The van der Waals surface area contributed by atoms with E-state index in [4.69, 9.17) is 4.74 Å². The van der Waals surface area contributed by atoms with Gasteiger partial charge in [-0.15, -0.1) is 6.58 Å². The van der Waals surface area contributed by atoms with Crippen molar-refractivity contribution in [3.8, 4) is 11.1 Å². The molecule has 2 aromatic carbocycles.